The minimum Gasteiger partial charge on any atom is -0.466 e. The zero-order valence-electron chi connectivity index (χ0n) is 13.3. The van der Waals surface area contributed by atoms with Crippen LogP contribution in [0.1, 0.15) is 46.0 Å². The molecule has 1 aliphatic heterocycles. The van der Waals surface area contributed by atoms with Gasteiger partial charge in [-0.05, 0) is 44.6 Å². The Morgan fingerprint density at radius 1 is 1.24 bits per heavy atom. The number of ether oxygens (including phenoxy) is 1. The lowest BCUT2D eigenvalue weighted by molar-refractivity contribution is -0.145. The molecular formula is C16H28N2O3. The number of rotatable bonds is 6. The number of piperidine rings is 1. The molecule has 1 N–H and O–H groups in total. The molecule has 2 atom stereocenters. The molecule has 1 amide bonds. The maximum atomic E-state index is 11.7. The fourth-order valence-corrected chi connectivity index (χ4v) is 3.24. The average molecular weight is 296 g/mol. The van der Waals surface area contributed by atoms with Crippen molar-refractivity contribution in [2.75, 3.05) is 26.2 Å². The van der Waals surface area contributed by atoms with E-state index in [4.69, 9.17) is 4.74 Å². The number of nitrogens with one attached hydrogen (secondary N) is 1. The predicted molar refractivity (Wildman–Crippen MR) is 80.7 cm³/mol. The third-order valence-electron chi connectivity index (χ3n) is 4.66. The molecule has 2 aliphatic rings. The van der Waals surface area contributed by atoms with E-state index < -0.39 is 0 Å². The van der Waals surface area contributed by atoms with Gasteiger partial charge in [0.25, 0.3) is 0 Å². The lowest BCUT2D eigenvalue weighted by Crippen LogP contribution is -2.52. The summed E-state index contributed by atoms with van der Waals surface area (Å²) in [6, 6.07) is 0.308. The van der Waals surface area contributed by atoms with Gasteiger partial charge in [-0.1, -0.05) is 6.42 Å². The van der Waals surface area contributed by atoms with Crippen molar-refractivity contribution in [1.29, 1.82) is 0 Å². The SMILES string of the molecule is CCOC(=O)CC1CC(NCC2CCC2)CN(C(C)=O)C1. The van der Waals surface area contributed by atoms with E-state index in [1.165, 1.54) is 19.3 Å². The van der Waals surface area contributed by atoms with Crippen LogP contribution in [0.2, 0.25) is 0 Å². The Balaban J connectivity index is 1.84. The van der Waals surface area contributed by atoms with E-state index in [-0.39, 0.29) is 17.8 Å². The van der Waals surface area contributed by atoms with Crippen molar-refractivity contribution < 1.29 is 14.3 Å². The number of nitrogens with zero attached hydrogens (tertiary/aromatic N) is 1. The smallest absolute Gasteiger partial charge is 0.306 e. The highest BCUT2D eigenvalue weighted by Crippen LogP contribution is 2.26. The highest BCUT2D eigenvalue weighted by Gasteiger charge is 2.30. The largest absolute Gasteiger partial charge is 0.466 e. The molecule has 0 spiro atoms. The Labute approximate surface area is 127 Å². The number of hydrogen-bond acceptors (Lipinski definition) is 4. The number of hydrogen-bond donors (Lipinski definition) is 1. The molecule has 120 valence electrons. The molecule has 1 saturated carbocycles. The topological polar surface area (TPSA) is 58.6 Å². The predicted octanol–water partition coefficient (Wildman–Crippen LogP) is 1.57. The highest BCUT2D eigenvalue weighted by molar-refractivity contribution is 5.74. The van der Waals surface area contributed by atoms with E-state index in [9.17, 15) is 9.59 Å². The Bertz CT molecular complexity index is 369. The Morgan fingerprint density at radius 2 is 2.00 bits per heavy atom. The van der Waals surface area contributed by atoms with Crippen molar-refractivity contribution in [1.82, 2.24) is 10.2 Å². The van der Waals surface area contributed by atoms with Crippen LogP contribution in [0.3, 0.4) is 0 Å². The van der Waals surface area contributed by atoms with Crippen molar-refractivity contribution in [3.8, 4) is 0 Å². The fourth-order valence-electron chi connectivity index (χ4n) is 3.24. The quantitative estimate of drug-likeness (QED) is 0.756. The molecule has 1 saturated heterocycles. The van der Waals surface area contributed by atoms with Crippen LogP contribution in [0.25, 0.3) is 0 Å². The summed E-state index contributed by atoms with van der Waals surface area (Å²) in [6.07, 6.45) is 5.36. The number of likely N-dealkylation sites (tertiary alicyclic amines) is 1. The fraction of sp³-hybridized carbons (Fsp3) is 0.875. The molecule has 1 aliphatic carbocycles. The molecule has 5 heteroatoms. The van der Waals surface area contributed by atoms with E-state index in [0.29, 0.717) is 25.6 Å². The van der Waals surface area contributed by atoms with Crippen molar-refractivity contribution >= 4 is 11.9 Å². The number of carbonyl (C=O) groups excluding carboxylic acids is 2. The first-order valence-corrected chi connectivity index (χ1v) is 8.23. The van der Waals surface area contributed by atoms with Crippen molar-refractivity contribution in [2.24, 2.45) is 11.8 Å². The van der Waals surface area contributed by atoms with E-state index in [2.05, 4.69) is 5.32 Å². The van der Waals surface area contributed by atoms with E-state index in [0.717, 1.165) is 25.4 Å². The van der Waals surface area contributed by atoms with Gasteiger partial charge in [0.1, 0.15) is 0 Å². The highest BCUT2D eigenvalue weighted by atomic mass is 16.5. The first kappa shape index (κ1) is 16.3. The van der Waals surface area contributed by atoms with E-state index in [1.807, 2.05) is 11.8 Å². The second-order valence-corrected chi connectivity index (χ2v) is 6.44. The van der Waals surface area contributed by atoms with E-state index in [1.54, 1.807) is 6.92 Å². The van der Waals surface area contributed by atoms with Gasteiger partial charge in [0.15, 0.2) is 0 Å². The van der Waals surface area contributed by atoms with Gasteiger partial charge in [-0.3, -0.25) is 9.59 Å². The Kier molecular flexibility index (Phi) is 6.03. The first-order chi connectivity index (χ1) is 10.1. The summed E-state index contributed by atoms with van der Waals surface area (Å²) in [6.45, 7) is 6.34. The normalized spacial score (nSPS) is 26.3. The molecule has 0 radical (unpaired) electrons. The van der Waals surface area contributed by atoms with Crippen LogP contribution in [0.15, 0.2) is 0 Å². The molecule has 2 unspecified atom stereocenters. The van der Waals surface area contributed by atoms with Crippen LogP contribution < -0.4 is 5.32 Å². The van der Waals surface area contributed by atoms with Gasteiger partial charge in [0.2, 0.25) is 5.91 Å². The third-order valence-corrected chi connectivity index (χ3v) is 4.66. The van der Waals surface area contributed by atoms with Crippen LogP contribution in [0, 0.1) is 11.8 Å². The van der Waals surface area contributed by atoms with Gasteiger partial charge in [-0.15, -0.1) is 0 Å². The van der Waals surface area contributed by atoms with Crippen LogP contribution in [-0.2, 0) is 14.3 Å². The summed E-state index contributed by atoms with van der Waals surface area (Å²) in [5.74, 6) is 0.964. The van der Waals surface area contributed by atoms with Crippen LogP contribution in [0.5, 0.6) is 0 Å². The summed E-state index contributed by atoms with van der Waals surface area (Å²) in [5, 5.41) is 3.60. The maximum absolute atomic E-state index is 11.7. The van der Waals surface area contributed by atoms with Crippen LogP contribution in [0.4, 0.5) is 0 Å². The molecule has 0 aromatic heterocycles. The second-order valence-electron chi connectivity index (χ2n) is 6.44. The molecule has 0 bridgehead atoms. The molecule has 2 fully saturated rings. The maximum Gasteiger partial charge on any atom is 0.306 e. The van der Waals surface area contributed by atoms with Crippen LogP contribution >= 0.6 is 0 Å². The van der Waals surface area contributed by atoms with Crippen molar-refractivity contribution in [3.63, 3.8) is 0 Å². The number of amides is 1. The molecule has 1 heterocycles. The molecular weight excluding hydrogens is 268 g/mol. The van der Waals surface area contributed by atoms with Gasteiger partial charge in [-0.25, -0.2) is 0 Å². The van der Waals surface area contributed by atoms with E-state index >= 15 is 0 Å². The molecule has 21 heavy (non-hydrogen) atoms. The standard InChI is InChI=1S/C16H28N2O3/c1-3-21-16(20)8-14-7-15(11-18(10-14)12(2)19)17-9-13-5-4-6-13/h13-15,17H,3-11H2,1-2H3. The lowest BCUT2D eigenvalue weighted by atomic mass is 9.84. The average Bonchev–Trinajstić information content (AvgIpc) is 2.36. The number of carbonyl (C=O) groups is 2. The molecule has 0 aromatic rings. The summed E-state index contributed by atoms with van der Waals surface area (Å²) < 4.78 is 5.04. The third kappa shape index (κ3) is 4.99. The summed E-state index contributed by atoms with van der Waals surface area (Å²) in [5.41, 5.74) is 0. The zero-order valence-corrected chi connectivity index (χ0v) is 13.3. The molecule has 5 nitrogen and oxygen atoms in total. The Hall–Kier alpha value is -1.10. The first-order valence-electron chi connectivity index (χ1n) is 8.23. The summed E-state index contributed by atoms with van der Waals surface area (Å²) >= 11 is 0. The second kappa shape index (κ2) is 7.78. The van der Waals surface area contributed by atoms with Gasteiger partial charge in [0.05, 0.1) is 13.0 Å². The Morgan fingerprint density at radius 3 is 2.57 bits per heavy atom. The summed E-state index contributed by atoms with van der Waals surface area (Å²) in [4.78, 5) is 25.2. The summed E-state index contributed by atoms with van der Waals surface area (Å²) in [7, 11) is 0. The van der Waals surface area contributed by atoms with Gasteiger partial charge < -0.3 is 15.0 Å². The minimum absolute atomic E-state index is 0.0963. The van der Waals surface area contributed by atoms with Crippen molar-refractivity contribution in [2.45, 2.75) is 52.0 Å². The zero-order chi connectivity index (χ0) is 15.2. The lowest BCUT2D eigenvalue weighted by Gasteiger charge is -2.38. The minimum atomic E-state index is -0.148. The van der Waals surface area contributed by atoms with Crippen LogP contribution in [-0.4, -0.2) is 49.1 Å². The van der Waals surface area contributed by atoms with Crippen molar-refractivity contribution in [3.05, 3.63) is 0 Å². The van der Waals surface area contributed by atoms with Gasteiger partial charge in [-0.2, -0.15) is 0 Å². The number of esters is 1. The van der Waals surface area contributed by atoms with Gasteiger partial charge >= 0.3 is 5.97 Å². The monoisotopic (exact) mass is 296 g/mol. The van der Waals surface area contributed by atoms with Gasteiger partial charge in [0, 0.05) is 26.1 Å². The molecule has 2 rings (SSSR count). The molecule has 0 aromatic carbocycles.